The zero-order valence-corrected chi connectivity index (χ0v) is 24.8. The molecule has 0 aromatic heterocycles. The Morgan fingerprint density at radius 1 is 1.06 bits per heavy atom. The molecule has 6 nitrogen and oxygen atoms in total. The number of esters is 1. The van der Waals surface area contributed by atoms with Crippen molar-refractivity contribution in [1.82, 2.24) is 0 Å². The smallest absolute Gasteiger partial charge is 0.327 e. The van der Waals surface area contributed by atoms with Crippen LogP contribution in [0.25, 0.3) is 0 Å². The molecule has 2 atom stereocenters. The summed E-state index contributed by atoms with van der Waals surface area (Å²) in [5, 5.41) is 10.8. The Morgan fingerprint density at radius 3 is 2.22 bits per heavy atom. The third-order valence-corrected chi connectivity index (χ3v) is 14.7. The van der Waals surface area contributed by atoms with Crippen molar-refractivity contribution in [2.45, 2.75) is 112 Å². The van der Waals surface area contributed by atoms with Gasteiger partial charge in [-0.2, -0.15) is 0 Å². The van der Waals surface area contributed by atoms with Gasteiger partial charge in [-0.05, 0) is 48.7 Å². The quantitative estimate of drug-likeness (QED) is 0.263. The van der Waals surface area contributed by atoms with Crippen LogP contribution < -0.4 is 0 Å². The molecule has 1 aromatic rings. The SMILES string of the molecule is COC(=O)C1(S(=O)(=O)c2ccccc2)CCCCCCCCC(O)/C=C(/CO[Si](C)(C)C(C)(C)C)C1. The van der Waals surface area contributed by atoms with Gasteiger partial charge in [0.2, 0.25) is 0 Å². The molecule has 0 aliphatic heterocycles. The van der Waals surface area contributed by atoms with Crippen molar-refractivity contribution in [2.24, 2.45) is 0 Å². The lowest BCUT2D eigenvalue weighted by atomic mass is 9.91. The molecule has 1 aromatic carbocycles. The summed E-state index contributed by atoms with van der Waals surface area (Å²) in [6.07, 6.45) is 7.03. The number of sulfone groups is 1. The summed E-state index contributed by atoms with van der Waals surface area (Å²) in [4.78, 5) is 13.6. The number of hydrogen-bond donors (Lipinski definition) is 1. The van der Waals surface area contributed by atoms with Gasteiger partial charge in [-0.15, -0.1) is 0 Å². The topological polar surface area (TPSA) is 89.9 Å². The molecular weight excluding hydrogens is 492 g/mol. The standard InChI is InChI=1S/C28H46O6SSi/c1-27(2,3)36(5,6)34-22-23-20-24(29)16-12-9-7-8-10-15-19-28(21-23,26(30)33-4)35(31,32)25-17-13-11-14-18-25/h11,13-14,17-18,20,24,29H,7-10,12,15-16,19,21-22H2,1-6H3/b23-20+. The highest BCUT2D eigenvalue weighted by atomic mass is 32.2. The first kappa shape index (κ1) is 30.7. The van der Waals surface area contributed by atoms with Crippen molar-refractivity contribution in [3.05, 3.63) is 42.0 Å². The lowest BCUT2D eigenvalue weighted by Gasteiger charge is -2.37. The molecule has 8 heteroatoms. The average Bonchev–Trinajstić information content (AvgIpc) is 2.83. The molecule has 0 saturated carbocycles. The van der Waals surface area contributed by atoms with Crippen molar-refractivity contribution < 1.29 is 27.5 Å². The molecule has 0 bridgehead atoms. The monoisotopic (exact) mass is 538 g/mol. The van der Waals surface area contributed by atoms with Crippen LogP contribution in [0.2, 0.25) is 18.1 Å². The summed E-state index contributed by atoms with van der Waals surface area (Å²) >= 11 is 0. The highest BCUT2D eigenvalue weighted by molar-refractivity contribution is 7.93. The Hall–Kier alpha value is -1.48. The fourth-order valence-corrected chi connectivity index (χ4v) is 7.49. The number of aliphatic hydroxyl groups excluding tert-OH is 1. The maximum atomic E-state index is 14.2. The van der Waals surface area contributed by atoms with E-state index in [1.165, 1.54) is 19.2 Å². The van der Waals surface area contributed by atoms with E-state index in [1.54, 1.807) is 24.3 Å². The van der Waals surface area contributed by atoms with E-state index >= 15 is 0 Å². The van der Waals surface area contributed by atoms with Gasteiger partial charge < -0.3 is 14.3 Å². The van der Waals surface area contributed by atoms with Crippen LogP contribution in [0.4, 0.5) is 0 Å². The molecule has 36 heavy (non-hydrogen) atoms. The molecule has 1 aliphatic rings. The van der Waals surface area contributed by atoms with Crippen LogP contribution >= 0.6 is 0 Å². The van der Waals surface area contributed by atoms with Crippen molar-refractivity contribution in [3.8, 4) is 0 Å². The maximum Gasteiger partial charge on any atom is 0.327 e. The van der Waals surface area contributed by atoms with E-state index in [2.05, 4.69) is 33.9 Å². The van der Waals surface area contributed by atoms with Crippen molar-refractivity contribution >= 4 is 24.1 Å². The number of aliphatic hydroxyl groups is 1. The fourth-order valence-electron chi connectivity index (χ4n) is 4.45. The number of hydrogen-bond acceptors (Lipinski definition) is 6. The molecule has 0 fully saturated rings. The highest BCUT2D eigenvalue weighted by Crippen LogP contribution is 2.40. The fraction of sp³-hybridized carbons (Fsp3) is 0.679. The summed E-state index contributed by atoms with van der Waals surface area (Å²) in [5.41, 5.74) is 0.636. The van der Waals surface area contributed by atoms with E-state index in [0.29, 0.717) is 18.4 Å². The van der Waals surface area contributed by atoms with E-state index in [9.17, 15) is 18.3 Å². The Labute approximate surface area is 219 Å². The van der Waals surface area contributed by atoms with Crippen molar-refractivity contribution in [2.75, 3.05) is 13.7 Å². The normalized spacial score (nSPS) is 25.0. The molecule has 1 aliphatic carbocycles. The van der Waals surface area contributed by atoms with E-state index in [4.69, 9.17) is 9.16 Å². The van der Waals surface area contributed by atoms with Crippen molar-refractivity contribution in [3.63, 3.8) is 0 Å². The molecule has 2 unspecified atom stereocenters. The zero-order valence-electron chi connectivity index (χ0n) is 23.0. The number of carbonyl (C=O) groups is 1. The van der Waals surface area contributed by atoms with Crippen molar-refractivity contribution in [1.29, 1.82) is 0 Å². The third-order valence-electron chi connectivity index (χ3n) is 7.82. The molecular formula is C28H46O6SSi. The van der Waals surface area contributed by atoms with Crippen LogP contribution in [0, 0.1) is 0 Å². The summed E-state index contributed by atoms with van der Waals surface area (Å²) in [6, 6.07) is 8.15. The van der Waals surface area contributed by atoms with Crippen LogP contribution in [-0.4, -0.2) is 52.4 Å². The summed E-state index contributed by atoms with van der Waals surface area (Å²) < 4.78 is 38.2. The minimum absolute atomic E-state index is 0.0367. The molecule has 0 heterocycles. The van der Waals surface area contributed by atoms with Crippen LogP contribution in [0.1, 0.15) is 78.6 Å². The van der Waals surface area contributed by atoms with Gasteiger partial charge in [0.05, 0.1) is 24.7 Å². The molecule has 0 saturated heterocycles. The van der Waals surface area contributed by atoms with E-state index in [1.807, 2.05) is 0 Å². The summed E-state index contributed by atoms with van der Waals surface area (Å²) in [5.74, 6) is -0.756. The largest absolute Gasteiger partial charge is 0.468 e. The minimum Gasteiger partial charge on any atom is -0.468 e. The Kier molecular flexibility index (Phi) is 11.0. The predicted molar refractivity (Wildman–Crippen MR) is 147 cm³/mol. The van der Waals surface area contributed by atoms with Gasteiger partial charge in [0.1, 0.15) is 0 Å². The van der Waals surface area contributed by atoms with Gasteiger partial charge in [-0.3, -0.25) is 4.79 Å². The van der Waals surface area contributed by atoms with E-state index < -0.39 is 35.0 Å². The molecule has 204 valence electrons. The van der Waals surface area contributed by atoms with Gasteiger partial charge in [0, 0.05) is 6.42 Å². The van der Waals surface area contributed by atoms with Gasteiger partial charge in [0.15, 0.2) is 22.9 Å². The van der Waals surface area contributed by atoms with Gasteiger partial charge >= 0.3 is 5.97 Å². The Balaban J connectivity index is 2.62. The summed E-state index contributed by atoms with van der Waals surface area (Å²) in [7, 11) is -5.03. The second kappa shape index (κ2) is 12.8. The molecule has 0 spiro atoms. The first-order valence-corrected chi connectivity index (χ1v) is 17.6. The third kappa shape index (κ3) is 7.52. The number of benzene rings is 1. The maximum absolute atomic E-state index is 14.2. The second-order valence-electron chi connectivity index (χ2n) is 11.6. The van der Waals surface area contributed by atoms with Crippen LogP contribution in [0.15, 0.2) is 46.9 Å². The van der Waals surface area contributed by atoms with E-state index in [-0.39, 0.29) is 29.4 Å². The van der Waals surface area contributed by atoms with Crippen LogP contribution in [0.5, 0.6) is 0 Å². The number of rotatable bonds is 6. The number of ether oxygens (including phenoxy) is 1. The van der Waals surface area contributed by atoms with Crippen LogP contribution in [0.3, 0.4) is 0 Å². The molecule has 0 radical (unpaired) electrons. The van der Waals surface area contributed by atoms with Gasteiger partial charge in [-0.1, -0.05) is 83.6 Å². The van der Waals surface area contributed by atoms with Crippen LogP contribution in [-0.2, 0) is 23.8 Å². The number of carbonyl (C=O) groups excluding carboxylic acids is 1. The highest BCUT2D eigenvalue weighted by Gasteiger charge is 2.52. The lowest BCUT2D eigenvalue weighted by Crippen LogP contribution is -2.48. The first-order chi connectivity index (χ1) is 16.8. The Morgan fingerprint density at radius 2 is 1.64 bits per heavy atom. The zero-order chi connectivity index (χ0) is 27.0. The first-order valence-electron chi connectivity index (χ1n) is 13.2. The van der Waals surface area contributed by atoms with Gasteiger partial charge in [0.25, 0.3) is 0 Å². The second-order valence-corrected chi connectivity index (χ2v) is 18.6. The Bertz CT molecular complexity index is 981. The molecule has 1 N–H and O–H groups in total. The number of methoxy groups -OCH3 is 1. The average molecular weight is 539 g/mol. The molecule has 2 rings (SSSR count). The predicted octanol–water partition coefficient (Wildman–Crippen LogP) is 6.21. The van der Waals surface area contributed by atoms with Gasteiger partial charge in [-0.25, -0.2) is 8.42 Å². The van der Waals surface area contributed by atoms with E-state index in [0.717, 1.165) is 32.1 Å². The summed E-state index contributed by atoms with van der Waals surface area (Å²) in [6.45, 7) is 10.9. The molecule has 0 amide bonds. The minimum atomic E-state index is -4.11. The lowest BCUT2D eigenvalue weighted by molar-refractivity contribution is -0.144.